The minimum absolute atomic E-state index is 0.175. The molecule has 5 heteroatoms. The molecule has 1 aromatic carbocycles. The van der Waals surface area contributed by atoms with Crippen LogP contribution in [0.2, 0.25) is 0 Å². The van der Waals surface area contributed by atoms with Gasteiger partial charge in [0.15, 0.2) is 11.5 Å². The van der Waals surface area contributed by atoms with Gasteiger partial charge in [0.2, 0.25) is 5.75 Å². The summed E-state index contributed by atoms with van der Waals surface area (Å²) in [5.41, 5.74) is -0.390. The van der Waals surface area contributed by atoms with Crippen LogP contribution in [0.3, 0.4) is 0 Å². The van der Waals surface area contributed by atoms with E-state index in [4.69, 9.17) is 20.1 Å². The third kappa shape index (κ3) is 0.918. The van der Waals surface area contributed by atoms with Crippen molar-refractivity contribution in [1.29, 1.82) is 0 Å². The van der Waals surface area contributed by atoms with Gasteiger partial charge in [-0.05, 0) is 12.1 Å². The van der Waals surface area contributed by atoms with Crippen molar-refractivity contribution in [1.82, 2.24) is 0 Å². The van der Waals surface area contributed by atoms with Crippen LogP contribution in [0.25, 0.3) is 0 Å². The predicted molar refractivity (Wildman–Crippen MR) is 36.5 cm³/mol. The van der Waals surface area contributed by atoms with Crippen molar-refractivity contribution in [2.75, 3.05) is 0 Å². The van der Waals surface area contributed by atoms with E-state index in [0.717, 1.165) is 0 Å². The molecule has 0 unspecified atom stereocenters. The molecule has 1 heterocycles. The second-order valence-corrected chi connectivity index (χ2v) is 2.53. The second kappa shape index (κ2) is 1.89. The fourth-order valence-electron chi connectivity index (χ4n) is 0.990. The molecule has 0 atom stereocenters. The number of hydrogen-bond donors (Lipinski definition) is 4. The van der Waals surface area contributed by atoms with Gasteiger partial charge in [-0.25, -0.2) is 0 Å². The Hall–Kier alpha value is -1.30. The van der Waals surface area contributed by atoms with Crippen LogP contribution in [-0.2, 0) is 5.97 Å². The summed E-state index contributed by atoms with van der Waals surface area (Å²) in [6.07, 6.45) is 0. The lowest BCUT2D eigenvalue weighted by molar-refractivity contribution is -0.324. The number of hydrogen-bond acceptors (Lipinski definition) is 5. The van der Waals surface area contributed by atoms with Crippen molar-refractivity contribution in [2.45, 2.75) is 5.97 Å². The Balaban J connectivity index is 2.54. The first-order valence-electron chi connectivity index (χ1n) is 3.21. The smallest absolute Gasteiger partial charge is 0.308 e. The summed E-state index contributed by atoms with van der Waals surface area (Å²) in [6, 6.07) is 2.59. The minimum Gasteiger partial charge on any atom is -0.504 e. The molecular weight excluding hydrogens is 164 g/mol. The largest absolute Gasteiger partial charge is 0.504 e. The second-order valence-electron chi connectivity index (χ2n) is 2.53. The average molecular weight is 170 g/mol. The maximum atomic E-state index is 9.18. The SMILES string of the molecule is Oc1c(C(O)(O)O)ccc2c1O2. The van der Waals surface area contributed by atoms with Crippen LogP contribution in [0.5, 0.6) is 17.2 Å². The quantitative estimate of drug-likeness (QED) is 0.344. The molecule has 0 radical (unpaired) electrons. The van der Waals surface area contributed by atoms with E-state index in [-0.39, 0.29) is 5.75 Å². The summed E-state index contributed by atoms with van der Waals surface area (Å²) in [5.74, 6) is -2.82. The van der Waals surface area contributed by atoms with Crippen molar-refractivity contribution >= 4 is 0 Å². The third-order valence-electron chi connectivity index (χ3n) is 1.63. The average Bonchev–Trinajstić information content (AvgIpc) is 2.63. The zero-order valence-electron chi connectivity index (χ0n) is 5.85. The van der Waals surface area contributed by atoms with Gasteiger partial charge in [-0.15, -0.1) is 0 Å². The van der Waals surface area contributed by atoms with E-state index < -0.39 is 17.3 Å². The van der Waals surface area contributed by atoms with Gasteiger partial charge in [0.25, 0.3) is 0 Å². The highest BCUT2D eigenvalue weighted by molar-refractivity contribution is 5.65. The van der Waals surface area contributed by atoms with E-state index in [1.54, 1.807) is 0 Å². The van der Waals surface area contributed by atoms with Gasteiger partial charge in [0.05, 0.1) is 5.56 Å². The Morgan fingerprint density at radius 2 is 1.83 bits per heavy atom. The molecule has 0 aromatic heterocycles. The topological polar surface area (TPSA) is 93.5 Å². The Morgan fingerprint density at radius 1 is 1.17 bits per heavy atom. The van der Waals surface area contributed by atoms with E-state index in [1.165, 1.54) is 12.1 Å². The van der Waals surface area contributed by atoms with Crippen molar-refractivity contribution < 1.29 is 25.2 Å². The molecular formula is C7H6O5. The maximum Gasteiger partial charge on any atom is 0.308 e. The molecule has 4 N–H and O–H groups in total. The van der Waals surface area contributed by atoms with E-state index >= 15 is 0 Å². The molecule has 1 aliphatic rings. The number of phenols is 1. The van der Waals surface area contributed by atoms with Crippen molar-refractivity contribution in [3.8, 4) is 17.2 Å². The highest BCUT2D eigenvalue weighted by Crippen LogP contribution is 2.54. The molecule has 0 spiro atoms. The van der Waals surface area contributed by atoms with Crippen LogP contribution in [0.1, 0.15) is 5.56 Å². The lowest BCUT2D eigenvalue weighted by Gasteiger charge is -2.13. The van der Waals surface area contributed by atoms with Crippen LogP contribution in [0, 0.1) is 0 Å². The summed E-state index contributed by atoms with van der Waals surface area (Å²) >= 11 is 0. The minimum atomic E-state index is -3.02. The number of fused-ring (bicyclic) bond motifs is 1. The first kappa shape index (κ1) is 7.35. The molecule has 1 aliphatic heterocycles. The Morgan fingerprint density at radius 3 is 2.42 bits per heavy atom. The molecule has 0 bridgehead atoms. The van der Waals surface area contributed by atoms with Crippen LogP contribution in [-0.4, -0.2) is 20.4 Å². The molecule has 5 nitrogen and oxygen atoms in total. The van der Waals surface area contributed by atoms with Gasteiger partial charge in [-0.3, -0.25) is 0 Å². The Kier molecular flexibility index (Phi) is 1.16. The maximum absolute atomic E-state index is 9.18. The highest BCUT2D eigenvalue weighted by atomic mass is 16.7. The summed E-state index contributed by atoms with van der Waals surface area (Å²) in [5, 5.41) is 35.3. The normalized spacial score (nSPS) is 13.6. The van der Waals surface area contributed by atoms with Gasteiger partial charge in [-0.1, -0.05) is 0 Å². The lowest BCUT2D eigenvalue weighted by Crippen LogP contribution is -2.23. The fraction of sp³-hybridized carbons (Fsp3) is 0.143. The van der Waals surface area contributed by atoms with Gasteiger partial charge < -0.3 is 25.2 Å². The van der Waals surface area contributed by atoms with E-state index in [0.29, 0.717) is 5.75 Å². The number of rotatable bonds is 1. The molecule has 0 amide bonds. The molecule has 64 valence electrons. The van der Waals surface area contributed by atoms with E-state index in [9.17, 15) is 5.11 Å². The number of phenolic OH excluding ortho intramolecular Hbond substituents is 1. The zero-order valence-corrected chi connectivity index (χ0v) is 5.85. The van der Waals surface area contributed by atoms with E-state index in [2.05, 4.69) is 0 Å². The first-order chi connectivity index (χ1) is 5.50. The summed E-state index contributed by atoms with van der Waals surface area (Å²) in [6.45, 7) is 0. The van der Waals surface area contributed by atoms with Crippen molar-refractivity contribution in [3.63, 3.8) is 0 Å². The van der Waals surface area contributed by atoms with E-state index in [1.807, 2.05) is 0 Å². The molecule has 0 aliphatic carbocycles. The zero-order chi connectivity index (χ0) is 8.93. The molecule has 0 fully saturated rings. The number of ether oxygens (including phenoxy) is 1. The highest BCUT2D eigenvalue weighted by Gasteiger charge is 2.34. The van der Waals surface area contributed by atoms with Crippen LogP contribution < -0.4 is 4.74 Å². The van der Waals surface area contributed by atoms with Crippen molar-refractivity contribution in [3.05, 3.63) is 17.7 Å². The van der Waals surface area contributed by atoms with Crippen LogP contribution in [0.15, 0.2) is 12.1 Å². The summed E-state index contributed by atoms with van der Waals surface area (Å²) < 4.78 is 4.72. The molecule has 0 saturated carbocycles. The molecule has 1 aromatic rings. The van der Waals surface area contributed by atoms with Gasteiger partial charge in [-0.2, -0.15) is 0 Å². The number of aromatic hydroxyl groups is 1. The van der Waals surface area contributed by atoms with Crippen molar-refractivity contribution in [2.24, 2.45) is 0 Å². The van der Waals surface area contributed by atoms with Gasteiger partial charge >= 0.3 is 5.97 Å². The summed E-state index contributed by atoms with van der Waals surface area (Å²) in [7, 11) is 0. The lowest BCUT2D eigenvalue weighted by atomic mass is 10.1. The summed E-state index contributed by atoms with van der Waals surface area (Å²) in [4.78, 5) is 0. The Labute approximate surface area is 67.1 Å². The Bertz CT molecular complexity index is 338. The third-order valence-corrected chi connectivity index (χ3v) is 1.63. The fourth-order valence-corrected chi connectivity index (χ4v) is 0.990. The molecule has 12 heavy (non-hydrogen) atoms. The standard InChI is InChI=1S/C7H6O5/c8-5-3(7(9,10)11)1-2-4-6(5)12-4/h1-2,8-11H. The van der Waals surface area contributed by atoms with Crippen LogP contribution >= 0.6 is 0 Å². The number of aliphatic hydroxyl groups is 3. The number of benzene rings is 1. The van der Waals surface area contributed by atoms with Gasteiger partial charge in [0, 0.05) is 0 Å². The molecule has 2 rings (SSSR count). The van der Waals surface area contributed by atoms with Crippen LogP contribution in [0.4, 0.5) is 0 Å². The molecule has 0 saturated heterocycles. The predicted octanol–water partition coefficient (Wildman–Crippen LogP) is -0.415. The monoisotopic (exact) mass is 170 g/mol. The first-order valence-corrected chi connectivity index (χ1v) is 3.21. The van der Waals surface area contributed by atoms with Gasteiger partial charge in [0.1, 0.15) is 0 Å².